The molecule has 2 heterocycles. The van der Waals surface area contributed by atoms with Crippen LogP contribution in [0.3, 0.4) is 0 Å². The largest absolute Gasteiger partial charge is 0.480 e. The number of carboxylic acids is 1. The summed E-state index contributed by atoms with van der Waals surface area (Å²) in [5.41, 5.74) is -0.744. The molecule has 0 aromatic carbocycles. The van der Waals surface area contributed by atoms with Crippen molar-refractivity contribution in [3.8, 4) is 0 Å². The smallest absolute Gasteiger partial charge is 0.324 e. The monoisotopic (exact) mass is 671 g/mol. The highest BCUT2D eigenvalue weighted by Gasteiger charge is 2.81. The highest BCUT2D eigenvalue weighted by atomic mass is 16.7. The van der Waals surface area contributed by atoms with Gasteiger partial charge in [0, 0.05) is 13.5 Å². The number of morpholine rings is 1. The number of rotatable bonds is 7. The Balaban J connectivity index is 0.961. The zero-order chi connectivity index (χ0) is 34.1. The predicted molar refractivity (Wildman–Crippen MR) is 178 cm³/mol. The zero-order valence-corrected chi connectivity index (χ0v) is 30.3. The number of aliphatic hydroxyl groups is 1. The molecule has 8 unspecified atom stereocenters. The van der Waals surface area contributed by atoms with E-state index in [9.17, 15) is 19.8 Å². The Morgan fingerprint density at radius 3 is 2.35 bits per heavy atom. The van der Waals surface area contributed by atoms with Crippen LogP contribution in [0.1, 0.15) is 125 Å². The van der Waals surface area contributed by atoms with E-state index in [0.29, 0.717) is 48.3 Å². The van der Waals surface area contributed by atoms with Crippen LogP contribution in [0.4, 0.5) is 0 Å². The highest BCUT2D eigenvalue weighted by Crippen LogP contribution is 2.87. The summed E-state index contributed by atoms with van der Waals surface area (Å²) in [5.74, 6) is 1.48. The van der Waals surface area contributed by atoms with Crippen molar-refractivity contribution in [1.82, 2.24) is 4.90 Å². The fourth-order valence-corrected chi connectivity index (χ4v) is 14.0. The summed E-state index contributed by atoms with van der Waals surface area (Å²) < 4.78 is 25.6. The molecule has 0 amide bonds. The van der Waals surface area contributed by atoms with Gasteiger partial charge in [0.2, 0.25) is 0 Å². The average molecular weight is 672 g/mol. The molecule has 8 rings (SSSR count). The fraction of sp³-hybridized carbons (Fsp3) is 0.949. The van der Waals surface area contributed by atoms with Crippen molar-refractivity contribution < 1.29 is 38.7 Å². The quantitative estimate of drug-likeness (QED) is 0.317. The molecule has 0 aromatic heterocycles. The van der Waals surface area contributed by atoms with Crippen molar-refractivity contribution in [2.45, 2.75) is 167 Å². The lowest BCUT2D eigenvalue weighted by Crippen LogP contribution is -2.64. The topological polar surface area (TPSA) is 115 Å². The third-order valence-electron chi connectivity index (χ3n) is 16.4. The van der Waals surface area contributed by atoms with Crippen LogP contribution in [-0.4, -0.2) is 88.6 Å². The lowest BCUT2D eigenvalue weighted by atomic mass is 9.46. The molecule has 0 aromatic rings. The van der Waals surface area contributed by atoms with Gasteiger partial charge in [-0.15, -0.1) is 0 Å². The molecule has 2 aliphatic heterocycles. The second-order valence-corrected chi connectivity index (χ2v) is 19.1. The Labute approximate surface area is 287 Å². The van der Waals surface area contributed by atoms with Gasteiger partial charge in [0.25, 0.3) is 0 Å². The Bertz CT molecular complexity index is 1310. The zero-order valence-electron chi connectivity index (χ0n) is 30.3. The molecule has 2 N–H and O–H groups in total. The van der Waals surface area contributed by atoms with Crippen LogP contribution in [0.5, 0.6) is 0 Å². The SMILES string of the molecule is CC(=O)O[C@@H](C1CCC2C(CC3C4CCC5C(C)(C)[C@@H](OC6CN(C7(C(=O)O)CCC7)CCO6)CC[C@@]56C[C@@]46CCC23C)O1)C(C)(C)O. The molecule has 48 heavy (non-hydrogen) atoms. The number of ether oxygens (including phenoxy) is 4. The highest BCUT2D eigenvalue weighted by molar-refractivity contribution is 5.80. The van der Waals surface area contributed by atoms with E-state index in [1.165, 1.54) is 45.4 Å². The molecule has 2 saturated heterocycles. The Kier molecular flexibility index (Phi) is 7.84. The van der Waals surface area contributed by atoms with Gasteiger partial charge in [0.1, 0.15) is 5.54 Å². The molecule has 2 spiro atoms. The van der Waals surface area contributed by atoms with Crippen LogP contribution in [0.15, 0.2) is 0 Å². The van der Waals surface area contributed by atoms with Crippen LogP contribution < -0.4 is 0 Å². The van der Waals surface area contributed by atoms with Gasteiger partial charge in [-0.05, 0) is 143 Å². The Morgan fingerprint density at radius 1 is 0.938 bits per heavy atom. The van der Waals surface area contributed by atoms with Crippen molar-refractivity contribution in [1.29, 1.82) is 0 Å². The van der Waals surface area contributed by atoms with Crippen LogP contribution in [0.25, 0.3) is 0 Å². The van der Waals surface area contributed by atoms with Gasteiger partial charge < -0.3 is 29.2 Å². The van der Waals surface area contributed by atoms with E-state index < -0.39 is 23.2 Å². The van der Waals surface area contributed by atoms with Crippen LogP contribution in [0, 0.1) is 45.3 Å². The summed E-state index contributed by atoms with van der Waals surface area (Å²) in [6, 6.07) is 0. The molecule has 12 atom stereocenters. The molecular formula is C39H61NO8. The maximum absolute atomic E-state index is 12.2. The summed E-state index contributed by atoms with van der Waals surface area (Å²) in [5, 5.41) is 21.0. The van der Waals surface area contributed by atoms with Gasteiger partial charge in [0.15, 0.2) is 12.4 Å². The molecule has 0 bridgehead atoms. The Morgan fingerprint density at radius 2 is 1.69 bits per heavy atom. The second-order valence-electron chi connectivity index (χ2n) is 19.1. The first kappa shape index (κ1) is 33.9. The molecule has 6 saturated carbocycles. The number of hydrogen-bond acceptors (Lipinski definition) is 8. The minimum absolute atomic E-state index is 0.0306. The third-order valence-corrected chi connectivity index (χ3v) is 16.4. The van der Waals surface area contributed by atoms with Crippen molar-refractivity contribution in [3.05, 3.63) is 0 Å². The lowest BCUT2D eigenvalue weighted by Gasteiger charge is -2.60. The number of carbonyl (C=O) groups is 2. The first-order valence-corrected chi connectivity index (χ1v) is 19.4. The molecule has 8 fully saturated rings. The molecule has 0 radical (unpaired) electrons. The summed E-state index contributed by atoms with van der Waals surface area (Å²) in [6.45, 7) is 14.1. The lowest BCUT2D eigenvalue weighted by molar-refractivity contribution is -0.255. The molecule has 8 aliphatic rings. The third kappa shape index (κ3) is 4.71. The number of aliphatic carboxylic acids is 1. The van der Waals surface area contributed by atoms with Gasteiger partial charge in [-0.25, -0.2) is 0 Å². The second kappa shape index (κ2) is 11.1. The van der Waals surface area contributed by atoms with Gasteiger partial charge in [-0.1, -0.05) is 20.8 Å². The minimum Gasteiger partial charge on any atom is -0.480 e. The van der Waals surface area contributed by atoms with Crippen molar-refractivity contribution in [2.75, 3.05) is 19.7 Å². The van der Waals surface area contributed by atoms with Gasteiger partial charge in [0.05, 0.1) is 37.1 Å². The number of nitrogens with zero attached hydrogens (tertiary/aromatic N) is 1. The fourth-order valence-electron chi connectivity index (χ4n) is 14.0. The average Bonchev–Trinajstić information content (AvgIpc) is 3.56. The van der Waals surface area contributed by atoms with Crippen molar-refractivity contribution in [2.24, 2.45) is 45.3 Å². The number of hydrogen-bond donors (Lipinski definition) is 2. The van der Waals surface area contributed by atoms with E-state index in [1.54, 1.807) is 13.8 Å². The van der Waals surface area contributed by atoms with E-state index in [2.05, 4.69) is 25.7 Å². The first-order chi connectivity index (χ1) is 22.6. The maximum Gasteiger partial charge on any atom is 0.324 e. The van der Waals surface area contributed by atoms with E-state index in [0.717, 1.165) is 50.9 Å². The minimum atomic E-state index is -1.16. The molecule has 9 heteroatoms. The molecule has 270 valence electrons. The first-order valence-electron chi connectivity index (χ1n) is 19.4. The Hall–Kier alpha value is -1.26. The van der Waals surface area contributed by atoms with E-state index in [4.69, 9.17) is 18.9 Å². The number of carbonyl (C=O) groups excluding carboxylic acids is 1. The van der Waals surface area contributed by atoms with E-state index in [1.807, 2.05) is 0 Å². The number of fused-ring (bicyclic) bond motifs is 4. The summed E-state index contributed by atoms with van der Waals surface area (Å²) >= 11 is 0. The predicted octanol–water partition coefficient (Wildman–Crippen LogP) is 5.95. The standard InChI is InChI=1S/C39H61NO8/c1-23(41)46-32(35(4,5)44)27-10-8-25-28(47-27)20-26-24-9-11-29-34(2,3)30(12-15-38(29)22-37(24,38)17-16-36(25,26)6)48-31-21-40(18-19-45-31)39(33(42)43)13-7-14-39/h24-32,44H,7-22H2,1-6H3,(H,42,43)/t24?,25?,26?,27?,28?,29?,30-,31?,32-,36?,37-,38+/m0/s1. The van der Waals surface area contributed by atoms with Gasteiger partial charge in [-0.3, -0.25) is 14.5 Å². The number of esters is 1. The normalized spacial score (nSPS) is 48.0. The molecular weight excluding hydrogens is 610 g/mol. The van der Waals surface area contributed by atoms with Gasteiger partial charge in [-0.2, -0.15) is 0 Å². The van der Waals surface area contributed by atoms with E-state index >= 15 is 0 Å². The maximum atomic E-state index is 12.2. The molecule has 6 aliphatic carbocycles. The van der Waals surface area contributed by atoms with Crippen LogP contribution >= 0.6 is 0 Å². The van der Waals surface area contributed by atoms with Crippen LogP contribution in [-0.2, 0) is 28.5 Å². The van der Waals surface area contributed by atoms with Crippen LogP contribution in [0.2, 0.25) is 0 Å². The summed E-state index contributed by atoms with van der Waals surface area (Å²) in [7, 11) is 0. The number of carboxylic acid groups (broad SMARTS) is 1. The van der Waals surface area contributed by atoms with Crippen molar-refractivity contribution in [3.63, 3.8) is 0 Å². The van der Waals surface area contributed by atoms with E-state index in [-0.39, 0.29) is 41.4 Å². The summed E-state index contributed by atoms with van der Waals surface area (Å²) in [4.78, 5) is 26.3. The summed E-state index contributed by atoms with van der Waals surface area (Å²) in [6.07, 6.45) is 13.2. The van der Waals surface area contributed by atoms with Crippen molar-refractivity contribution >= 4 is 11.9 Å². The molecule has 9 nitrogen and oxygen atoms in total. The van der Waals surface area contributed by atoms with Gasteiger partial charge >= 0.3 is 11.9 Å².